The number of halogens is 2. The first-order valence-corrected chi connectivity index (χ1v) is 8.31. The minimum Gasteiger partial charge on any atom is -0.349 e. The topological polar surface area (TPSA) is 55.2 Å². The summed E-state index contributed by atoms with van der Waals surface area (Å²) in [5.41, 5.74) is 4.17. The minimum absolute atomic E-state index is 0.0114. The average Bonchev–Trinajstić information content (AvgIpc) is 2.57. The van der Waals surface area contributed by atoms with Gasteiger partial charge < -0.3 is 5.32 Å². The molecule has 0 fully saturated rings. The van der Waals surface area contributed by atoms with Crippen molar-refractivity contribution in [1.29, 1.82) is 0 Å². The summed E-state index contributed by atoms with van der Waals surface area (Å²) in [6.45, 7) is 3.71. The van der Waals surface area contributed by atoms with E-state index in [2.05, 4.69) is 5.32 Å². The number of aryl methyl sites for hydroxylation is 2. The van der Waals surface area contributed by atoms with Gasteiger partial charge in [-0.25, -0.2) is 4.39 Å². The van der Waals surface area contributed by atoms with Gasteiger partial charge in [-0.15, -0.1) is 0 Å². The van der Waals surface area contributed by atoms with Crippen LogP contribution >= 0.6 is 11.6 Å². The van der Waals surface area contributed by atoms with Gasteiger partial charge >= 0.3 is 0 Å². The van der Waals surface area contributed by atoms with Crippen LogP contribution in [0.25, 0.3) is 11.1 Å². The molecule has 0 aliphatic heterocycles. The molecule has 0 amide bonds. The smallest absolute Gasteiger partial charge is 0.292 e. The Morgan fingerprint density at radius 2 is 1.81 bits per heavy atom. The van der Waals surface area contributed by atoms with Crippen LogP contribution in [0.2, 0.25) is 5.02 Å². The van der Waals surface area contributed by atoms with Crippen molar-refractivity contribution in [3.63, 3.8) is 0 Å². The van der Waals surface area contributed by atoms with Gasteiger partial charge in [-0.3, -0.25) is 10.1 Å². The van der Waals surface area contributed by atoms with Crippen LogP contribution in [0.1, 0.15) is 11.1 Å². The maximum Gasteiger partial charge on any atom is 0.292 e. The maximum absolute atomic E-state index is 13.4. The van der Waals surface area contributed by atoms with Gasteiger partial charge in [-0.1, -0.05) is 29.8 Å². The molecule has 3 aromatic carbocycles. The number of nitrogens with one attached hydrogen (secondary N) is 1. The lowest BCUT2D eigenvalue weighted by Gasteiger charge is -2.16. The quantitative estimate of drug-likeness (QED) is 0.426. The summed E-state index contributed by atoms with van der Waals surface area (Å²) in [5, 5.41) is 14.8. The highest BCUT2D eigenvalue weighted by molar-refractivity contribution is 6.33. The van der Waals surface area contributed by atoms with Gasteiger partial charge in [0.25, 0.3) is 5.69 Å². The van der Waals surface area contributed by atoms with E-state index >= 15 is 0 Å². The van der Waals surface area contributed by atoms with Gasteiger partial charge in [-0.2, -0.15) is 0 Å². The number of anilines is 2. The largest absolute Gasteiger partial charge is 0.349 e. The summed E-state index contributed by atoms with van der Waals surface area (Å²) in [5.74, 6) is -0.420. The van der Waals surface area contributed by atoms with E-state index in [1.165, 1.54) is 18.2 Å². The van der Waals surface area contributed by atoms with Crippen LogP contribution in [0, 0.1) is 29.8 Å². The highest BCUT2D eigenvalue weighted by Crippen LogP contribution is 2.39. The summed E-state index contributed by atoms with van der Waals surface area (Å²) >= 11 is 6.24. The zero-order chi connectivity index (χ0) is 18.8. The van der Waals surface area contributed by atoms with E-state index < -0.39 is 10.7 Å². The molecule has 0 saturated carbocycles. The molecule has 0 unspecified atom stereocenters. The molecule has 6 heteroatoms. The monoisotopic (exact) mass is 370 g/mol. The Labute approximate surface area is 155 Å². The van der Waals surface area contributed by atoms with Crippen molar-refractivity contribution >= 4 is 28.7 Å². The van der Waals surface area contributed by atoms with Gasteiger partial charge in [0, 0.05) is 22.9 Å². The summed E-state index contributed by atoms with van der Waals surface area (Å²) in [6.07, 6.45) is 0. The first-order valence-electron chi connectivity index (χ1n) is 7.94. The number of hydrogen-bond acceptors (Lipinski definition) is 3. The predicted molar refractivity (Wildman–Crippen MR) is 103 cm³/mol. The molecule has 0 aromatic heterocycles. The fraction of sp³-hybridized carbons (Fsp3) is 0.100. The van der Waals surface area contributed by atoms with Gasteiger partial charge in [0.2, 0.25) is 0 Å². The molecule has 3 rings (SSSR count). The van der Waals surface area contributed by atoms with Gasteiger partial charge in [-0.05, 0) is 55.3 Å². The molecule has 132 valence electrons. The Morgan fingerprint density at radius 3 is 2.50 bits per heavy atom. The highest BCUT2D eigenvalue weighted by Gasteiger charge is 2.17. The number of nitro groups is 1. The molecule has 0 radical (unpaired) electrons. The lowest BCUT2D eigenvalue weighted by molar-refractivity contribution is -0.384. The fourth-order valence-electron chi connectivity index (χ4n) is 2.87. The average molecular weight is 371 g/mol. The SMILES string of the molecule is Cc1ccc(Nc2cccc(C)c2-c2ccc(F)cc2Cl)c([N+](=O)[O-])c1. The molecule has 0 aliphatic carbocycles. The van der Waals surface area contributed by atoms with E-state index in [9.17, 15) is 14.5 Å². The van der Waals surface area contributed by atoms with E-state index in [1.807, 2.05) is 25.1 Å². The molecule has 0 saturated heterocycles. The number of hydrogen-bond donors (Lipinski definition) is 1. The minimum atomic E-state index is -0.421. The summed E-state index contributed by atoms with van der Waals surface area (Å²) < 4.78 is 13.4. The van der Waals surface area contributed by atoms with Gasteiger partial charge in [0.1, 0.15) is 11.5 Å². The number of benzene rings is 3. The Balaban J connectivity index is 2.14. The first-order chi connectivity index (χ1) is 12.4. The van der Waals surface area contributed by atoms with Crippen LogP contribution in [0.5, 0.6) is 0 Å². The molecular formula is C20H16ClFN2O2. The van der Waals surface area contributed by atoms with E-state index in [0.29, 0.717) is 16.9 Å². The van der Waals surface area contributed by atoms with Crippen molar-refractivity contribution in [1.82, 2.24) is 0 Å². The third kappa shape index (κ3) is 3.53. The highest BCUT2D eigenvalue weighted by atomic mass is 35.5. The number of nitrogens with zero attached hydrogens (tertiary/aromatic N) is 1. The predicted octanol–water partition coefficient (Wildman–Crippen LogP) is 6.41. The Hall–Kier alpha value is -2.92. The second-order valence-corrected chi connectivity index (χ2v) is 6.43. The Bertz CT molecular complexity index is 1010. The number of nitro benzene ring substituents is 1. The number of rotatable bonds is 4. The molecule has 0 spiro atoms. The molecule has 0 bridgehead atoms. The molecule has 4 nitrogen and oxygen atoms in total. The summed E-state index contributed by atoms with van der Waals surface area (Å²) in [4.78, 5) is 11.0. The lowest BCUT2D eigenvalue weighted by atomic mass is 9.98. The molecule has 1 N–H and O–H groups in total. The van der Waals surface area contributed by atoms with E-state index in [0.717, 1.165) is 16.7 Å². The molecular weight excluding hydrogens is 355 g/mol. The molecule has 0 aliphatic rings. The second-order valence-electron chi connectivity index (χ2n) is 6.02. The van der Waals surface area contributed by atoms with Crippen molar-refractivity contribution in [3.8, 4) is 11.1 Å². The third-order valence-corrected chi connectivity index (χ3v) is 4.41. The normalized spacial score (nSPS) is 10.6. The zero-order valence-electron chi connectivity index (χ0n) is 14.2. The van der Waals surface area contributed by atoms with Crippen molar-refractivity contribution in [2.75, 3.05) is 5.32 Å². The van der Waals surface area contributed by atoms with E-state index in [1.54, 1.807) is 25.1 Å². The van der Waals surface area contributed by atoms with Crippen molar-refractivity contribution in [2.24, 2.45) is 0 Å². The van der Waals surface area contributed by atoms with Crippen molar-refractivity contribution in [3.05, 3.63) is 86.7 Å². The van der Waals surface area contributed by atoms with Crippen LogP contribution in [-0.2, 0) is 0 Å². The Kier molecular flexibility index (Phi) is 4.91. The summed E-state index contributed by atoms with van der Waals surface area (Å²) in [7, 11) is 0. The standard InChI is InChI=1S/C20H16ClFN2O2/c1-12-6-9-17(19(10-12)24(25)26)23-18-5-3-4-13(2)20(18)15-8-7-14(22)11-16(15)21/h3-11,23H,1-2H3. The van der Waals surface area contributed by atoms with E-state index in [4.69, 9.17) is 11.6 Å². The summed E-state index contributed by atoms with van der Waals surface area (Å²) in [6, 6.07) is 14.8. The first kappa shape index (κ1) is 17.9. The zero-order valence-corrected chi connectivity index (χ0v) is 15.0. The molecule has 0 heterocycles. The van der Waals surface area contributed by atoms with Gasteiger partial charge in [0.05, 0.1) is 9.95 Å². The lowest BCUT2D eigenvalue weighted by Crippen LogP contribution is -2.00. The van der Waals surface area contributed by atoms with Crippen molar-refractivity contribution in [2.45, 2.75) is 13.8 Å². The molecule has 26 heavy (non-hydrogen) atoms. The van der Waals surface area contributed by atoms with Crippen LogP contribution in [0.3, 0.4) is 0 Å². The maximum atomic E-state index is 13.4. The fourth-order valence-corrected chi connectivity index (χ4v) is 3.13. The van der Waals surface area contributed by atoms with Crippen LogP contribution in [0.4, 0.5) is 21.5 Å². The molecule has 0 atom stereocenters. The Morgan fingerprint density at radius 1 is 1.04 bits per heavy atom. The molecule has 3 aromatic rings. The van der Waals surface area contributed by atoms with Crippen LogP contribution < -0.4 is 5.32 Å². The second kappa shape index (κ2) is 7.14. The van der Waals surface area contributed by atoms with Crippen LogP contribution in [0.15, 0.2) is 54.6 Å². The van der Waals surface area contributed by atoms with E-state index in [-0.39, 0.29) is 10.7 Å². The van der Waals surface area contributed by atoms with Gasteiger partial charge in [0.15, 0.2) is 0 Å². The van der Waals surface area contributed by atoms with Crippen molar-refractivity contribution < 1.29 is 9.31 Å². The third-order valence-electron chi connectivity index (χ3n) is 4.09. The van der Waals surface area contributed by atoms with Crippen LogP contribution in [-0.4, -0.2) is 4.92 Å².